The van der Waals surface area contributed by atoms with Crippen molar-refractivity contribution in [2.45, 2.75) is 58.3 Å². The van der Waals surface area contributed by atoms with E-state index in [1.165, 1.54) is 16.7 Å². The van der Waals surface area contributed by atoms with Gasteiger partial charge in [0, 0.05) is 16.7 Å². The van der Waals surface area contributed by atoms with Crippen LogP contribution in [-0.4, -0.2) is 15.0 Å². The van der Waals surface area contributed by atoms with Crippen molar-refractivity contribution in [3.8, 4) is 73.6 Å². The molecular formula is C49H42N4. The van der Waals surface area contributed by atoms with Gasteiger partial charge in [0.25, 0.3) is 0 Å². The van der Waals surface area contributed by atoms with Crippen molar-refractivity contribution >= 4 is 0 Å². The second kappa shape index (κ2) is 13.4. The molecule has 0 atom stereocenters. The second-order valence-electron chi connectivity index (χ2n) is 15.6. The molecule has 6 aromatic carbocycles. The Morgan fingerprint density at radius 3 is 1.32 bits per heavy atom. The first kappa shape index (κ1) is 33.9. The third-order valence-corrected chi connectivity index (χ3v) is 11.0. The summed E-state index contributed by atoms with van der Waals surface area (Å²) >= 11 is 0. The molecule has 0 radical (unpaired) electrons. The smallest absolute Gasteiger partial charge is 0.164 e. The van der Waals surface area contributed by atoms with Gasteiger partial charge in [-0.05, 0) is 98.9 Å². The van der Waals surface area contributed by atoms with Gasteiger partial charge < -0.3 is 0 Å². The van der Waals surface area contributed by atoms with Crippen molar-refractivity contribution in [2.75, 3.05) is 0 Å². The topological polar surface area (TPSA) is 62.5 Å². The molecule has 0 bridgehead atoms. The zero-order valence-corrected chi connectivity index (χ0v) is 31.0. The van der Waals surface area contributed by atoms with E-state index in [2.05, 4.69) is 132 Å². The van der Waals surface area contributed by atoms with Crippen molar-refractivity contribution < 1.29 is 0 Å². The monoisotopic (exact) mass is 686 g/mol. The predicted octanol–water partition coefficient (Wildman–Crippen LogP) is 12.4. The van der Waals surface area contributed by atoms with Gasteiger partial charge in [-0.3, -0.25) is 0 Å². The molecule has 1 aliphatic carbocycles. The highest BCUT2D eigenvalue weighted by atomic mass is 15.0. The van der Waals surface area contributed by atoms with Crippen LogP contribution in [-0.2, 0) is 10.8 Å². The fourth-order valence-corrected chi connectivity index (χ4v) is 7.66. The Balaban J connectivity index is 1.27. The average Bonchev–Trinajstić information content (AvgIpc) is 3.20. The molecule has 0 saturated carbocycles. The maximum atomic E-state index is 10.3. The average molecular weight is 687 g/mol. The summed E-state index contributed by atoms with van der Waals surface area (Å²) in [6.07, 6.45) is 2.29. The molecule has 258 valence electrons. The van der Waals surface area contributed by atoms with E-state index >= 15 is 0 Å². The van der Waals surface area contributed by atoms with Crippen molar-refractivity contribution in [1.82, 2.24) is 15.0 Å². The number of hydrogen-bond donors (Lipinski definition) is 0. The van der Waals surface area contributed by atoms with Gasteiger partial charge in [-0.25, -0.2) is 15.0 Å². The van der Waals surface area contributed by atoms with Crippen LogP contribution in [0.3, 0.4) is 0 Å². The molecule has 1 aromatic heterocycles. The molecule has 0 saturated heterocycles. The molecule has 1 aliphatic rings. The maximum absolute atomic E-state index is 10.3. The van der Waals surface area contributed by atoms with Crippen LogP contribution in [0.4, 0.5) is 0 Å². The van der Waals surface area contributed by atoms with Crippen LogP contribution in [0, 0.1) is 18.3 Å². The molecule has 4 heteroatoms. The van der Waals surface area contributed by atoms with E-state index < -0.39 is 0 Å². The molecule has 0 fully saturated rings. The van der Waals surface area contributed by atoms with Crippen LogP contribution < -0.4 is 0 Å². The van der Waals surface area contributed by atoms with Crippen molar-refractivity contribution in [3.63, 3.8) is 0 Å². The first-order chi connectivity index (χ1) is 25.6. The third kappa shape index (κ3) is 6.67. The van der Waals surface area contributed by atoms with E-state index in [4.69, 9.17) is 15.0 Å². The Hall–Kier alpha value is -6.18. The minimum Gasteiger partial charge on any atom is -0.208 e. The van der Waals surface area contributed by atoms with E-state index in [0.29, 0.717) is 23.0 Å². The standard InChI is InChI=1S/C49H42N4/c1-32-26-43-44(49(4,5)25-24-48(43,2)3)30-42(32)40-27-33(31-50)28-41(29-40)47-52-45(38-20-16-36(17-21-38)34-12-8-6-9-13-34)51-46(53-47)39-22-18-37(19-23-39)35-14-10-7-11-15-35/h6-23,26-30H,24-25H2,1-5H3. The van der Waals surface area contributed by atoms with Crippen LogP contribution in [0.25, 0.3) is 67.5 Å². The summed E-state index contributed by atoms with van der Waals surface area (Å²) in [6, 6.07) is 50.6. The summed E-state index contributed by atoms with van der Waals surface area (Å²) in [5.41, 5.74) is 14.0. The van der Waals surface area contributed by atoms with Gasteiger partial charge in [-0.1, -0.05) is 149 Å². The molecule has 4 nitrogen and oxygen atoms in total. The highest BCUT2D eigenvalue weighted by Gasteiger charge is 2.37. The number of rotatable bonds is 6. The molecule has 0 N–H and O–H groups in total. The Morgan fingerprint density at radius 2 is 0.849 bits per heavy atom. The largest absolute Gasteiger partial charge is 0.208 e. The minimum absolute atomic E-state index is 0.0626. The molecular weight excluding hydrogens is 645 g/mol. The van der Waals surface area contributed by atoms with E-state index in [1.807, 2.05) is 48.5 Å². The Kier molecular flexibility index (Phi) is 8.59. The molecule has 8 rings (SSSR count). The van der Waals surface area contributed by atoms with Crippen molar-refractivity contribution in [2.24, 2.45) is 0 Å². The third-order valence-electron chi connectivity index (χ3n) is 11.0. The van der Waals surface area contributed by atoms with Crippen LogP contribution in [0.5, 0.6) is 0 Å². The summed E-state index contributed by atoms with van der Waals surface area (Å²) in [5.74, 6) is 1.68. The summed E-state index contributed by atoms with van der Waals surface area (Å²) in [5, 5.41) is 10.3. The van der Waals surface area contributed by atoms with Crippen LogP contribution >= 0.6 is 0 Å². The van der Waals surface area contributed by atoms with Gasteiger partial charge in [0.2, 0.25) is 0 Å². The van der Waals surface area contributed by atoms with Crippen molar-refractivity contribution in [3.05, 3.63) is 162 Å². The van der Waals surface area contributed by atoms with Gasteiger partial charge in [0.1, 0.15) is 0 Å². The molecule has 0 amide bonds. The Morgan fingerprint density at radius 1 is 0.453 bits per heavy atom. The number of aromatic nitrogens is 3. The summed E-state index contributed by atoms with van der Waals surface area (Å²) in [6.45, 7) is 11.6. The molecule has 0 unspecified atom stereocenters. The summed E-state index contributed by atoms with van der Waals surface area (Å²) in [7, 11) is 0. The van der Waals surface area contributed by atoms with Crippen LogP contribution in [0.1, 0.15) is 62.8 Å². The van der Waals surface area contributed by atoms with Gasteiger partial charge in [-0.2, -0.15) is 5.26 Å². The maximum Gasteiger partial charge on any atom is 0.164 e. The molecule has 0 aliphatic heterocycles. The van der Waals surface area contributed by atoms with E-state index in [0.717, 1.165) is 62.9 Å². The van der Waals surface area contributed by atoms with E-state index in [-0.39, 0.29) is 10.8 Å². The SMILES string of the molecule is Cc1cc2c(cc1-c1cc(C#N)cc(-c3nc(-c4ccc(-c5ccccc5)cc4)nc(-c4ccc(-c5ccccc5)cc4)n3)c1)C(C)(C)CCC2(C)C. The zero-order valence-electron chi connectivity index (χ0n) is 31.0. The molecule has 53 heavy (non-hydrogen) atoms. The fourth-order valence-electron chi connectivity index (χ4n) is 7.66. The van der Waals surface area contributed by atoms with Crippen LogP contribution in [0.15, 0.2) is 140 Å². The number of hydrogen-bond acceptors (Lipinski definition) is 4. The number of fused-ring (bicyclic) bond motifs is 1. The number of benzene rings is 6. The van der Waals surface area contributed by atoms with Gasteiger partial charge in [0.05, 0.1) is 11.6 Å². The highest BCUT2D eigenvalue weighted by Crippen LogP contribution is 2.48. The summed E-state index contributed by atoms with van der Waals surface area (Å²) < 4.78 is 0. The molecule has 7 aromatic rings. The second-order valence-corrected chi connectivity index (χ2v) is 15.6. The van der Waals surface area contributed by atoms with Gasteiger partial charge in [-0.15, -0.1) is 0 Å². The first-order valence-electron chi connectivity index (χ1n) is 18.4. The lowest BCUT2D eigenvalue weighted by molar-refractivity contribution is 0.332. The molecule has 1 heterocycles. The van der Waals surface area contributed by atoms with Crippen molar-refractivity contribution in [1.29, 1.82) is 5.26 Å². The predicted molar refractivity (Wildman–Crippen MR) is 217 cm³/mol. The highest BCUT2D eigenvalue weighted by molar-refractivity contribution is 5.78. The zero-order chi connectivity index (χ0) is 36.7. The van der Waals surface area contributed by atoms with Gasteiger partial charge in [0.15, 0.2) is 17.5 Å². The van der Waals surface area contributed by atoms with Crippen LogP contribution in [0.2, 0.25) is 0 Å². The molecule has 0 spiro atoms. The summed E-state index contributed by atoms with van der Waals surface area (Å²) in [4.78, 5) is 15.2. The minimum atomic E-state index is 0.0626. The Labute approximate surface area is 312 Å². The van der Waals surface area contributed by atoms with Gasteiger partial charge >= 0.3 is 0 Å². The quantitative estimate of drug-likeness (QED) is 0.175. The number of nitrogens with zero attached hydrogens (tertiary/aromatic N) is 4. The number of nitriles is 1. The lowest BCUT2D eigenvalue weighted by atomic mass is 9.62. The van der Waals surface area contributed by atoms with E-state index in [9.17, 15) is 5.26 Å². The number of aryl methyl sites for hydroxylation is 1. The van der Waals surface area contributed by atoms with E-state index in [1.54, 1.807) is 0 Å². The fraction of sp³-hybridized carbons (Fsp3) is 0.184. The lowest BCUT2D eigenvalue weighted by Crippen LogP contribution is -2.34. The Bertz CT molecular complexity index is 2390. The first-order valence-corrected chi connectivity index (χ1v) is 18.4. The normalized spacial score (nSPS) is 14.3. The lowest BCUT2D eigenvalue weighted by Gasteiger charge is -2.42.